The van der Waals surface area contributed by atoms with Gasteiger partial charge in [-0.3, -0.25) is 9.80 Å². The number of piperidine rings is 4. The Bertz CT molecular complexity index is 927. The molecule has 0 amide bonds. The second-order valence-corrected chi connectivity index (χ2v) is 14.4. The Balaban J connectivity index is 1.13. The molecular formula is C30H42N2O2S. The van der Waals surface area contributed by atoms with Crippen LogP contribution in [0.25, 0.3) is 0 Å². The van der Waals surface area contributed by atoms with Gasteiger partial charge in [-0.1, -0.05) is 13.8 Å². The lowest BCUT2D eigenvalue weighted by Gasteiger charge is -2.55. The van der Waals surface area contributed by atoms with E-state index in [1.165, 1.54) is 87.8 Å². The maximum atomic E-state index is 5.54. The van der Waals surface area contributed by atoms with Crippen LogP contribution in [0, 0.1) is 17.3 Å². The van der Waals surface area contributed by atoms with Gasteiger partial charge in [0.05, 0.1) is 25.1 Å². The third kappa shape index (κ3) is 3.87. The Labute approximate surface area is 215 Å². The lowest BCUT2D eigenvalue weighted by Crippen LogP contribution is -2.57. The van der Waals surface area contributed by atoms with Crippen molar-refractivity contribution in [2.24, 2.45) is 17.3 Å². The van der Waals surface area contributed by atoms with Crippen molar-refractivity contribution in [1.82, 2.24) is 9.80 Å². The fraction of sp³-hybridized carbons (Fsp3) is 0.733. The van der Waals surface area contributed by atoms with E-state index in [2.05, 4.69) is 47.5 Å². The van der Waals surface area contributed by atoms with Gasteiger partial charge in [-0.2, -0.15) is 11.8 Å². The molecule has 5 saturated heterocycles. The number of nitrogens with zero attached hydrogens (tertiary/aromatic N) is 2. The largest absolute Gasteiger partial charge is 0.472 e. The number of rotatable bonds is 2. The highest BCUT2D eigenvalue weighted by atomic mass is 32.2. The predicted octanol–water partition coefficient (Wildman–Crippen LogP) is 7.31. The van der Waals surface area contributed by atoms with Gasteiger partial charge >= 0.3 is 0 Å². The lowest BCUT2D eigenvalue weighted by molar-refractivity contribution is -0.0454. The SMILES string of the molecule is C[C@@H]1CC[C@@H](c2ccoc2)N2C[C@@]3(CC[C@@H]12)CS[C@]1(CC[C@H]2[C@H](C)CC[C@@H](c4ccoc4)N2C1)C3. The fourth-order valence-electron chi connectivity index (χ4n) is 9.03. The Morgan fingerprint density at radius 3 is 1.97 bits per heavy atom. The number of fused-ring (bicyclic) bond motifs is 2. The van der Waals surface area contributed by atoms with Crippen LogP contribution < -0.4 is 0 Å². The van der Waals surface area contributed by atoms with Crippen LogP contribution in [0.15, 0.2) is 46.0 Å². The lowest BCUT2D eigenvalue weighted by atomic mass is 9.67. The van der Waals surface area contributed by atoms with Crippen molar-refractivity contribution in [3.63, 3.8) is 0 Å². The van der Waals surface area contributed by atoms with E-state index in [1.807, 2.05) is 25.1 Å². The normalized spacial score (nSPS) is 44.5. The summed E-state index contributed by atoms with van der Waals surface area (Å²) in [6, 6.07) is 7.04. The van der Waals surface area contributed by atoms with Crippen molar-refractivity contribution >= 4 is 11.8 Å². The molecule has 4 nitrogen and oxygen atoms in total. The van der Waals surface area contributed by atoms with Crippen molar-refractivity contribution in [1.29, 1.82) is 0 Å². The van der Waals surface area contributed by atoms with Gasteiger partial charge in [0.15, 0.2) is 0 Å². The van der Waals surface area contributed by atoms with Gasteiger partial charge in [-0.15, -0.1) is 0 Å². The minimum Gasteiger partial charge on any atom is -0.472 e. The first-order chi connectivity index (χ1) is 17.0. The van der Waals surface area contributed by atoms with Crippen LogP contribution in [0.4, 0.5) is 0 Å². The molecular weight excluding hydrogens is 452 g/mol. The fourth-order valence-corrected chi connectivity index (χ4v) is 10.9. The van der Waals surface area contributed by atoms with Crippen molar-refractivity contribution in [2.75, 3.05) is 18.8 Å². The maximum absolute atomic E-state index is 5.54. The molecule has 5 heteroatoms. The summed E-state index contributed by atoms with van der Waals surface area (Å²) < 4.78 is 11.5. The van der Waals surface area contributed by atoms with E-state index in [1.54, 1.807) is 0 Å². The van der Waals surface area contributed by atoms with Crippen LogP contribution in [0.5, 0.6) is 0 Å². The molecule has 5 aliphatic rings. The average molecular weight is 495 g/mol. The molecule has 0 aliphatic carbocycles. The van der Waals surface area contributed by atoms with E-state index < -0.39 is 0 Å². The van der Waals surface area contributed by atoms with E-state index >= 15 is 0 Å². The molecule has 2 spiro atoms. The highest BCUT2D eigenvalue weighted by molar-refractivity contribution is 8.01. The first kappa shape index (κ1) is 23.0. The molecule has 7 heterocycles. The van der Waals surface area contributed by atoms with Gasteiger partial charge in [0.2, 0.25) is 0 Å². The first-order valence-corrected chi connectivity index (χ1v) is 15.2. The van der Waals surface area contributed by atoms with Gasteiger partial charge in [-0.05, 0) is 87.2 Å². The third-order valence-corrected chi connectivity index (χ3v) is 12.7. The highest BCUT2D eigenvalue weighted by Crippen LogP contribution is 2.60. The molecule has 0 aromatic carbocycles. The molecule has 0 saturated carbocycles. The zero-order chi connectivity index (χ0) is 23.6. The average Bonchev–Trinajstić information content (AvgIpc) is 3.63. The Kier molecular flexibility index (Phi) is 5.71. The van der Waals surface area contributed by atoms with Gasteiger partial charge in [0, 0.05) is 58.9 Å². The second-order valence-electron chi connectivity index (χ2n) is 13.0. The number of hydrogen-bond donors (Lipinski definition) is 0. The summed E-state index contributed by atoms with van der Waals surface area (Å²) in [5.41, 5.74) is 3.30. The van der Waals surface area contributed by atoms with E-state index in [0.29, 0.717) is 22.2 Å². The van der Waals surface area contributed by atoms with Crippen LogP contribution in [-0.4, -0.2) is 45.5 Å². The molecule has 0 bridgehead atoms. The molecule has 5 fully saturated rings. The molecule has 2 aromatic heterocycles. The van der Waals surface area contributed by atoms with Crippen LogP contribution in [0.2, 0.25) is 0 Å². The molecule has 0 N–H and O–H groups in total. The Morgan fingerprint density at radius 2 is 1.37 bits per heavy atom. The smallest absolute Gasteiger partial charge is 0.0950 e. The number of furan rings is 2. The third-order valence-electron chi connectivity index (χ3n) is 10.8. The minimum absolute atomic E-state index is 0.439. The highest BCUT2D eigenvalue weighted by Gasteiger charge is 2.56. The standard InChI is InChI=1S/C30H42N2O2S/c1-21-3-5-27(23-9-13-33-15-23)31-18-29(11-7-25(21)31)17-30(35-20-29)12-8-26-22(2)4-6-28(32(26)19-30)24-10-14-34-16-24/h9-10,13-16,21-22,25-28H,3-8,11-12,17-20H2,1-2H3/t21-,22-,25+,26+,27+,28+,29+,30-/m1/s1. The van der Waals surface area contributed by atoms with Crippen LogP contribution in [-0.2, 0) is 0 Å². The molecule has 2 aromatic rings. The van der Waals surface area contributed by atoms with Gasteiger partial charge in [0.25, 0.3) is 0 Å². The summed E-state index contributed by atoms with van der Waals surface area (Å²) in [5, 5.41) is 0. The van der Waals surface area contributed by atoms with Crippen LogP contribution in [0.1, 0.15) is 94.8 Å². The Hall–Kier alpha value is -1.17. The Morgan fingerprint density at radius 1 is 0.771 bits per heavy atom. The molecule has 5 aliphatic heterocycles. The number of thioether (sulfide) groups is 1. The summed E-state index contributed by atoms with van der Waals surface area (Å²) in [7, 11) is 0. The minimum atomic E-state index is 0.439. The summed E-state index contributed by atoms with van der Waals surface area (Å²) in [6.07, 6.45) is 20.0. The summed E-state index contributed by atoms with van der Waals surface area (Å²) in [4.78, 5) is 5.86. The summed E-state index contributed by atoms with van der Waals surface area (Å²) in [6.45, 7) is 7.56. The van der Waals surface area contributed by atoms with Crippen molar-refractivity contribution in [2.45, 2.75) is 101 Å². The second kappa shape index (κ2) is 8.70. The molecule has 7 rings (SSSR count). The molecule has 0 unspecified atom stereocenters. The van der Waals surface area contributed by atoms with Crippen molar-refractivity contribution in [3.8, 4) is 0 Å². The van der Waals surface area contributed by atoms with E-state index in [9.17, 15) is 0 Å². The van der Waals surface area contributed by atoms with E-state index in [4.69, 9.17) is 8.83 Å². The van der Waals surface area contributed by atoms with Crippen LogP contribution in [0.3, 0.4) is 0 Å². The summed E-state index contributed by atoms with van der Waals surface area (Å²) in [5.74, 6) is 2.99. The van der Waals surface area contributed by atoms with Gasteiger partial charge in [-0.25, -0.2) is 0 Å². The quantitative estimate of drug-likeness (QED) is 0.437. The zero-order valence-electron chi connectivity index (χ0n) is 21.5. The summed E-state index contributed by atoms with van der Waals surface area (Å²) >= 11 is 2.36. The van der Waals surface area contributed by atoms with Crippen molar-refractivity contribution in [3.05, 3.63) is 48.3 Å². The maximum Gasteiger partial charge on any atom is 0.0950 e. The number of hydrogen-bond acceptors (Lipinski definition) is 5. The topological polar surface area (TPSA) is 32.8 Å². The molecule has 0 radical (unpaired) electrons. The monoisotopic (exact) mass is 494 g/mol. The molecule has 8 atom stereocenters. The van der Waals surface area contributed by atoms with E-state index in [-0.39, 0.29) is 0 Å². The molecule has 35 heavy (non-hydrogen) atoms. The van der Waals surface area contributed by atoms with Crippen LogP contribution >= 0.6 is 11.8 Å². The molecule has 190 valence electrons. The first-order valence-electron chi connectivity index (χ1n) is 14.2. The van der Waals surface area contributed by atoms with Gasteiger partial charge < -0.3 is 8.83 Å². The van der Waals surface area contributed by atoms with E-state index in [0.717, 1.165) is 23.9 Å². The predicted molar refractivity (Wildman–Crippen MR) is 141 cm³/mol. The zero-order valence-corrected chi connectivity index (χ0v) is 22.3. The van der Waals surface area contributed by atoms with Gasteiger partial charge in [0.1, 0.15) is 0 Å². The van der Waals surface area contributed by atoms with Crippen molar-refractivity contribution < 1.29 is 8.83 Å².